The van der Waals surface area contributed by atoms with Gasteiger partial charge in [-0.1, -0.05) is 0 Å². The SMILES string of the molecule is O=C(c1ccoc1C1CC1)N1CCOCC1CCO. The highest BCUT2D eigenvalue weighted by Crippen LogP contribution is 2.42. The Labute approximate surface area is 112 Å². The molecule has 5 heteroatoms. The van der Waals surface area contributed by atoms with Gasteiger partial charge in [0, 0.05) is 19.1 Å². The number of morpholine rings is 1. The predicted molar refractivity (Wildman–Crippen MR) is 68.0 cm³/mol. The zero-order chi connectivity index (χ0) is 13.2. The van der Waals surface area contributed by atoms with Crippen LogP contribution in [0.2, 0.25) is 0 Å². The molecule has 1 amide bonds. The monoisotopic (exact) mass is 265 g/mol. The second-order valence-corrected chi connectivity index (χ2v) is 5.21. The van der Waals surface area contributed by atoms with Crippen molar-refractivity contribution in [1.29, 1.82) is 0 Å². The van der Waals surface area contributed by atoms with Crippen LogP contribution in [0, 0.1) is 0 Å². The minimum Gasteiger partial charge on any atom is -0.468 e. The molecule has 0 aromatic carbocycles. The van der Waals surface area contributed by atoms with Crippen LogP contribution in [-0.2, 0) is 4.74 Å². The maximum atomic E-state index is 12.6. The average molecular weight is 265 g/mol. The Morgan fingerprint density at radius 1 is 1.47 bits per heavy atom. The highest BCUT2D eigenvalue weighted by Gasteiger charge is 2.35. The number of hydrogen-bond acceptors (Lipinski definition) is 4. The van der Waals surface area contributed by atoms with Gasteiger partial charge >= 0.3 is 0 Å². The zero-order valence-electron chi connectivity index (χ0n) is 10.9. The van der Waals surface area contributed by atoms with E-state index in [0.29, 0.717) is 37.7 Å². The van der Waals surface area contributed by atoms with Gasteiger partial charge in [0.2, 0.25) is 0 Å². The van der Waals surface area contributed by atoms with Gasteiger partial charge < -0.3 is 19.2 Å². The number of aliphatic hydroxyl groups excluding tert-OH is 1. The standard InChI is InChI=1S/C14H19NO4/c16-6-3-11-9-18-8-5-15(11)14(17)12-4-7-19-13(12)10-1-2-10/h4,7,10-11,16H,1-3,5-6,8-9H2. The van der Waals surface area contributed by atoms with E-state index in [1.54, 1.807) is 12.3 Å². The number of hydrogen-bond donors (Lipinski definition) is 1. The molecule has 1 aromatic rings. The molecule has 1 saturated carbocycles. The number of carbonyl (C=O) groups is 1. The number of rotatable bonds is 4. The Kier molecular flexibility index (Phi) is 3.57. The highest BCUT2D eigenvalue weighted by atomic mass is 16.5. The molecule has 19 heavy (non-hydrogen) atoms. The summed E-state index contributed by atoms with van der Waals surface area (Å²) in [6.45, 7) is 1.71. The van der Waals surface area contributed by atoms with Crippen molar-refractivity contribution in [1.82, 2.24) is 4.90 Å². The van der Waals surface area contributed by atoms with Crippen molar-refractivity contribution in [3.05, 3.63) is 23.7 Å². The Balaban J connectivity index is 1.78. The summed E-state index contributed by atoms with van der Waals surface area (Å²) in [5.74, 6) is 1.27. The lowest BCUT2D eigenvalue weighted by Gasteiger charge is -2.35. The van der Waals surface area contributed by atoms with E-state index in [2.05, 4.69) is 0 Å². The summed E-state index contributed by atoms with van der Waals surface area (Å²) in [6.07, 6.45) is 4.37. The molecule has 0 spiro atoms. The van der Waals surface area contributed by atoms with Gasteiger partial charge in [0.15, 0.2) is 0 Å². The molecule has 1 N–H and O–H groups in total. The van der Waals surface area contributed by atoms with E-state index < -0.39 is 0 Å². The Bertz CT molecular complexity index is 450. The molecule has 1 aliphatic heterocycles. The van der Waals surface area contributed by atoms with Gasteiger partial charge in [0.05, 0.1) is 31.1 Å². The van der Waals surface area contributed by atoms with Crippen LogP contribution in [0.15, 0.2) is 16.7 Å². The van der Waals surface area contributed by atoms with Crippen molar-refractivity contribution in [3.63, 3.8) is 0 Å². The van der Waals surface area contributed by atoms with E-state index in [1.165, 1.54) is 0 Å². The van der Waals surface area contributed by atoms with Crippen molar-refractivity contribution in [3.8, 4) is 0 Å². The Hall–Kier alpha value is -1.33. The van der Waals surface area contributed by atoms with E-state index in [0.717, 1.165) is 18.6 Å². The van der Waals surface area contributed by atoms with Crippen LogP contribution < -0.4 is 0 Å². The molecule has 2 heterocycles. The maximum absolute atomic E-state index is 12.6. The number of amides is 1. The minimum atomic E-state index is -0.0341. The van der Waals surface area contributed by atoms with E-state index in [1.807, 2.05) is 4.90 Å². The molecule has 2 fully saturated rings. The average Bonchev–Trinajstić information content (AvgIpc) is 3.16. The smallest absolute Gasteiger partial charge is 0.257 e. The third-order valence-corrected chi connectivity index (χ3v) is 3.82. The number of ether oxygens (including phenoxy) is 1. The first-order valence-electron chi connectivity index (χ1n) is 6.88. The number of furan rings is 1. The summed E-state index contributed by atoms with van der Waals surface area (Å²) in [5, 5.41) is 9.09. The molecule has 2 aliphatic rings. The fourth-order valence-corrected chi connectivity index (χ4v) is 2.62. The molecule has 1 unspecified atom stereocenters. The largest absolute Gasteiger partial charge is 0.468 e. The van der Waals surface area contributed by atoms with Crippen molar-refractivity contribution in [2.45, 2.75) is 31.2 Å². The van der Waals surface area contributed by atoms with E-state index >= 15 is 0 Å². The van der Waals surface area contributed by atoms with Gasteiger partial charge in [0.25, 0.3) is 5.91 Å². The summed E-state index contributed by atoms with van der Waals surface area (Å²) >= 11 is 0. The maximum Gasteiger partial charge on any atom is 0.257 e. The quantitative estimate of drug-likeness (QED) is 0.893. The predicted octanol–water partition coefficient (Wildman–Crippen LogP) is 1.38. The van der Waals surface area contributed by atoms with Crippen LogP contribution >= 0.6 is 0 Å². The molecule has 104 valence electrons. The fourth-order valence-electron chi connectivity index (χ4n) is 2.62. The molecule has 1 atom stereocenters. The molecular formula is C14H19NO4. The van der Waals surface area contributed by atoms with E-state index in [9.17, 15) is 4.79 Å². The first-order chi connectivity index (χ1) is 9.31. The first kappa shape index (κ1) is 12.7. The molecule has 0 bridgehead atoms. The van der Waals surface area contributed by atoms with Gasteiger partial charge in [-0.2, -0.15) is 0 Å². The molecule has 1 aliphatic carbocycles. The van der Waals surface area contributed by atoms with Crippen LogP contribution in [0.4, 0.5) is 0 Å². The lowest BCUT2D eigenvalue weighted by atomic mass is 10.1. The first-order valence-corrected chi connectivity index (χ1v) is 6.88. The Morgan fingerprint density at radius 3 is 3.05 bits per heavy atom. The molecule has 1 saturated heterocycles. The molecule has 1 aromatic heterocycles. The van der Waals surface area contributed by atoms with Crippen LogP contribution in [-0.4, -0.2) is 48.3 Å². The third kappa shape index (κ3) is 2.53. The number of carbonyl (C=O) groups excluding carboxylic acids is 1. The topological polar surface area (TPSA) is 62.9 Å². The van der Waals surface area contributed by atoms with E-state index in [-0.39, 0.29) is 18.6 Å². The number of nitrogens with zero attached hydrogens (tertiary/aromatic N) is 1. The van der Waals surface area contributed by atoms with Crippen LogP contribution in [0.1, 0.15) is 41.3 Å². The van der Waals surface area contributed by atoms with Crippen LogP contribution in [0.3, 0.4) is 0 Å². The molecule has 0 radical (unpaired) electrons. The van der Waals surface area contributed by atoms with Gasteiger partial charge in [0.1, 0.15) is 5.76 Å². The van der Waals surface area contributed by atoms with Crippen LogP contribution in [0.5, 0.6) is 0 Å². The minimum absolute atomic E-state index is 0.0115. The van der Waals surface area contributed by atoms with Crippen molar-refractivity contribution in [2.24, 2.45) is 0 Å². The van der Waals surface area contributed by atoms with Gasteiger partial charge in [-0.3, -0.25) is 4.79 Å². The van der Waals surface area contributed by atoms with Crippen LogP contribution in [0.25, 0.3) is 0 Å². The Morgan fingerprint density at radius 2 is 2.32 bits per heavy atom. The van der Waals surface area contributed by atoms with Gasteiger partial charge in [-0.25, -0.2) is 0 Å². The molecule has 5 nitrogen and oxygen atoms in total. The van der Waals surface area contributed by atoms with Gasteiger partial charge in [-0.05, 0) is 25.3 Å². The summed E-state index contributed by atoms with van der Waals surface area (Å²) < 4.78 is 10.9. The summed E-state index contributed by atoms with van der Waals surface area (Å²) in [6, 6.07) is 1.73. The normalized spacial score (nSPS) is 23.6. The second-order valence-electron chi connectivity index (χ2n) is 5.21. The summed E-state index contributed by atoms with van der Waals surface area (Å²) in [4.78, 5) is 14.4. The lowest BCUT2D eigenvalue weighted by Crippen LogP contribution is -2.49. The highest BCUT2D eigenvalue weighted by molar-refractivity contribution is 5.95. The van der Waals surface area contributed by atoms with Gasteiger partial charge in [-0.15, -0.1) is 0 Å². The fraction of sp³-hybridized carbons (Fsp3) is 0.643. The van der Waals surface area contributed by atoms with Crippen molar-refractivity contribution in [2.75, 3.05) is 26.4 Å². The van der Waals surface area contributed by atoms with Crippen molar-refractivity contribution < 1.29 is 19.1 Å². The molecular weight excluding hydrogens is 246 g/mol. The molecule has 3 rings (SSSR count). The van der Waals surface area contributed by atoms with Crippen molar-refractivity contribution >= 4 is 5.91 Å². The lowest BCUT2D eigenvalue weighted by molar-refractivity contribution is -0.00840. The third-order valence-electron chi connectivity index (χ3n) is 3.82. The number of aliphatic hydroxyl groups is 1. The zero-order valence-corrected chi connectivity index (χ0v) is 10.9. The second kappa shape index (κ2) is 5.35. The van der Waals surface area contributed by atoms with E-state index in [4.69, 9.17) is 14.3 Å². The summed E-state index contributed by atoms with van der Waals surface area (Å²) in [5.41, 5.74) is 0.687. The summed E-state index contributed by atoms with van der Waals surface area (Å²) in [7, 11) is 0.